The molecule has 6 rings (SSSR count). The summed E-state index contributed by atoms with van der Waals surface area (Å²) in [4.78, 5) is 32.1. The Hall–Kier alpha value is -3.22. The van der Waals surface area contributed by atoms with Crippen molar-refractivity contribution in [3.8, 4) is 0 Å². The van der Waals surface area contributed by atoms with Crippen LogP contribution in [0.2, 0.25) is 0 Å². The van der Waals surface area contributed by atoms with Crippen LogP contribution in [0.5, 0.6) is 0 Å². The summed E-state index contributed by atoms with van der Waals surface area (Å²) in [5, 5.41) is 0. The fraction of sp³-hybridized carbons (Fsp3) is 0.385. The van der Waals surface area contributed by atoms with E-state index in [-0.39, 0.29) is 11.3 Å². The Morgan fingerprint density at radius 3 is 2.73 bits per heavy atom. The van der Waals surface area contributed by atoms with Gasteiger partial charge in [0.2, 0.25) is 0 Å². The number of hydrogen-bond donors (Lipinski definition) is 0. The van der Waals surface area contributed by atoms with E-state index in [9.17, 15) is 4.79 Å². The zero-order valence-corrected chi connectivity index (χ0v) is 19.7. The summed E-state index contributed by atoms with van der Waals surface area (Å²) in [6.45, 7) is 8.04. The number of aromatic nitrogens is 2. The molecule has 7 heteroatoms. The minimum Gasteiger partial charge on any atom is -0.356 e. The van der Waals surface area contributed by atoms with Gasteiger partial charge in [-0.2, -0.15) is 0 Å². The molecule has 4 aliphatic rings. The van der Waals surface area contributed by atoms with Crippen molar-refractivity contribution in [3.63, 3.8) is 0 Å². The van der Waals surface area contributed by atoms with E-state index >= 15 is 0 Å². The highest BCUT2D eigenvalue weighted by Crippen LogP contribution is 2.46. The van der Waals surface area contributed by atoms with Gasteiger partial charge in [0.25, 0.3) is 0 Å². The van der Waals surface area contributed by atoms with Crippen LogP contribution in [-0.2, 0) is 4.79 Å². The number of carbonyl (C=O) groups is 1. The number of pyridine rings is 2. The van der Waals surface area contributed by atoms with E-state index in [1.165, 1.54) is 5.56 Å². The van der Waals surface area contributed by atoms with E-state index in [2.05, 4.69) is 56.6 Å². The number of hydrogen-bond acceptors (Lipinski definition) is 6. The molecule has 0 bridgehead atoms. The number of anilines is 2. The molecule has 1 spiro atoms. The predicted molar refractivity (Wildman–Crippen MR) is 133 cm³/mol. The first kappa shape index (κ1) is 20.4. The van der Waals surface area contributed by atoms with Gasteiger partial charge in [0.15, 0.2) is 5.78 Å². The molecule has 0 N–H and O–H groups in total. The van der Waals surface area contributed by atoms with Crippen molar-refractivity contribution in [2.45, 2.75) is 46.0 Å². The standard InChI is InChI=1S/C26H28BN5O/c1-15-6-10-28-22-16(2)13-21-30-24(31-11-8-26(9-12-31)7-4-5-20(26)33)18-14-19(27)17(3)29-25(18)32(21)23(15)22/h4-6,10,13-14,16H,7-9,11-12,27H2,1-3H3. The van der Waals surface area contributed by atoms with E-state index in [0.29, 0.717) is 5.78 Å². The smallest absolute Gasteiger partial charge is 0.161 e. The average molecular weight is 437 g/mol. The van der Waals surface area contributed by atoms with E-state index in [0.717, 1.165) is 77.9 Å². The Bertz CT molecular complexity index is 1290. The first-order valence-corrected chi connectivity index (χ1v) is 11.9. The Morgan fingerprint density at radius 2 is 2.00 bits per heavy atom. The van der Waals surface area contributed by atoms with Gasteiger partial charge >= 0.3 is 0 Å². The van der Waals surface area contributed by atoms with Crippen LogP contribution < -0.4 is 10.4 Å². The number of rotatable bonds is 0. The fourth-order valence-corrected chi connectivity index (χ4v) is 5.69. The topological polar surface area (TPSA) is 61.7 Å². The van der Waals surface area contributed by atoms with Gasteiger partial charge in [-0.1, -0.05) is 24.5 Å². The maximum Gasteiger partial charge on any atom is 0.161 e. The van der Waals surface area contributed by atoms with Gasteiger partial charge in [-0.15, -0.1) is 0 Å². The van der Waals surface area contributed by atoms with Gasteiger partial charge in [0, 0.05) is 36.3 Å². The van der Waals surface area contributed by atoms with Crippen LogP contribution in [0.1, 0.15) is 54.6 Å². The van der Waals surface area contributed by atoms with Crippen LogP contribution in [0, 0.1) is 19.3 Å². The Kier molecular flexibility index (Phi) is 4.41. The summed E-state index contributed by atoms with van der Waals surface area (Å²) in [6, 6.07) is 4.29. The molecule has 1 fully saturated rings. The molecule has 2 aromatic rings. The lowest BCUT2D eigenvalue weighted by Gasteiger charge is -2.43. The zero-order chi connectivity index (χ0) is 22.9. The molecule has 1 unspecified atom stereocenters. The quantitative estimate of drug-likeness (QED) is 0.594. The first-order valence-electron chi connectivity index (χ1n) is 11.9. The maximum absolute atomic E-state index is 12.5. The van der Waals surface area contributed by atoms with E-state index < -0.39 is 0 Å². The molecule has 1 atom stereocenters. The second-order valence-corrected chi connectivity index (χ2v) is 9.95. The van der Waals surface area contributed by atoms with Crippen molar-refractivity contribution in [3.05, 3.63) is 64.9 Å². The molecule has 33 heavy (non-hydrogen) atoms. The van der Waals surface area contributed by atoms with Crippen molar-refractivity contribution < 1.29 is 4.79 Å². The van der Waals surface area contributed by atoms with Gasteiger partial charge < -0.3 is 4.90 Å². The molecular weight excluding hydrogens is 409 g/mol. The van der Waals surface area contributed by atoms with Crippen LogP contribution in [0.15, 0.2) is 47.4 Å². The van der Waals surface area contributed by atoms with Crippen molar-refractivity contribution >= 4 is 36.4 Å². The Labute approximate surface area is 195 Å². The number of piperidine rings is 1. The van der Waals surface area contributed by atoms with Crippen LogP contribution in [0.3, 0.4) is 0 Å². The van der Waals surface area contributed by atoms with Gasteiger partial charge in [-0.25, -0.2) is 9.98 Å². The van der Waals surface area contributed by atoms with Crippen molar-refractivity contribution in [2.24, 2.45) is 10.4 Å². The number of aliphatic imine (C=N–C) groups is 1. The summed E-state index contributed by atoms with van der Waals surface area (Å²) in [7, 11) is 2.11. The predicted octanol–water partition coefficient (Wildman–Crippen LogP) is 2.82. The Balaban J connectivity index is 1.46. The van der Waals surface area contributed by atoms with Crippen LogP contribution in [-0.4, -0.2) is 47.4 Å². The first-order chi connectivity index (χ1) is 15.9. The van der Waals surface area contributed by atoms with Crippen LogP contribution in [0.4, 0.5) is 11.5 Å². The van der Waals surface area contributed by atoms with Crippen molar-refractivity contribution in [1.29, 1.82) is 0 Å². The Morgan fingerprint density at radius 1 is 1.21 bits per heavy atom. The second kappa shape index (κ2) is 7.14. The van der Waals surface area contributed by atoms with E-state index in [1.807, 2.05) is 12.3 Å². The number of ketones is 1. The van der Waals surface area contributed by atoms with Gasteiger partial charge in [0.05, 0.1) is 16.9 Å². The highest BCUT2D eigenvalue weighted by Gasteiger charge is 2.43. The fourth-order valence-electron chi connectivity index (χ4n) is 5.69. The van der Waals surface area contributed by atoms with Crippen LogP contribution in [0.25, 0.3) is 0 Å². The highest BCUT2D eigenvalue weighted by atomic mass is 16.1. The third-order valence-corrected chi connectivity index (χ3v) is 7.88. The number of carbonyl (C=O) groups excluding carboxylic acids is 1. The molecule has 3 aliphatic heterocycles. The number of allylic oxidation sites excluding steroid dienone is 3. The average Bonchev–Trinajstić information content (AvgIpc) is 3.14. The molecular formula is C26H28BN5O. The summed E-state index contributed by atoms with van der Waals surface area (Å²) in [5.41, 5.74) is 6.39. The summed E-state index contributed by atoms with van der Waals surface area (Å²) >= 11 is 0. The van der Waals surface area contributed by atoms with Gasteiger partial charge in [-0.05, 0) is 56.9 Å². The molecule has 5 heterocycles. The number of amidine groups is 1. The van der Waals surface area contributed by atoms with Gasteiger partial charge in [-0.3, -0.25) is 14.7 Å². The highest BCUT2D eigenvalue weighted by molar-refractivity contribution is 6.33. The lowest BCUT2D eigenvalue weighted by atomic mass is 9.75. The van der Waals surface area contributed by atoms with Crippen molar-refractivity contribution in [1.82, 2.24) is 14.9 Å². The molecule has 2 aromatic heterocycles. The van der Waals surface area contributed by atoms with E-state index in [4.69, 9.17) is 15.0 Å². The molecule has 0 radical (unpaired) electrons. The SMILES string of the molecule is Bc1cc2c(nc1C)N1C(=CC(C)c3nccc(C)c31)N=C2N1CCC2(CC=CC2=O)CC1. The zero-order valence-electron chi connectivity index (χ0n) is 19.7. The minimum atomic E-state index is -0.192. The third-order valence-electron chi connectivity index (χ3n) is 7.88. The van der Waals surface area contributed by atoms with Crippen molar-refractivity contribution in [2.75, 3.05) is 18.0 Å². The number of nitrogens with zero attached hydrogens (tertiary/aromatic N) is 5. The largest absolute Gasteiger partial charge is 0.356 e. The molecule has 6 nitrogen and oxygen atoms in total. The molecule has 0 amide bonds. The second-order valence-electron chi connectivity index (χ2n) is 9.95. The number of aryl methyl sites for hydroxylation is 2. The van der Waals surface area contributed by atoms with Crippen LogP contribution >= 0.6 is 0 Å². The molecule has 1 saturated heterocycles. The lowest BCUT2D eigenvalue weighted by Crippen LogP contribution is -2.47. The monoisotopic (exact) mass is 437 g/mol. The molecule has 166 valence electrons. The lowest BCUT2D eigenvalue weighted by molar-refractivity contribution is -0.124. The number of likely N-dealkylation sites (tertiary alicyclic amines) is 1. The molecule has 0 saturated carbocycles. The van der Waals surface area contributed by atoms with E-state index in [1.54, 1.807) is 6.08 Å². The number of fused-ring (bicyclic) bond motifs is 5. The summed E-state index contributed by atoms with van der Waals surface area (Å²) in [5.74, 6) is 3.31. The maximum atomic E-state index is 12.5. The third kappa shape index (κ3) is 2.94. The summed E-state index contributed by atoms with van der Waals surface area (Å²) in [6.07, 6.45) is 10.5. The molecule has 0 aromatic carbocycles. The minimum absolute atomic E-state index is 0.177. The summed E-state index contributed by atoms with van der Waals surface area (Å²) < 4.78 is 0. The molecule has 1 aliphatic carbocycles. The normalized spacial score (nSPS) is 22.6. The van der Waals surface area contributed by atoms with Gasteiger partial charge in [0.1, 0.15) is 25.3 Å².